The zero-order valence-electron chi connectivity index (χ0n) is 8.33. The van der Waals surface area contributed by atoms with Gasteiger partial charge in [-0.15, -0.1) is 11.8 Å². The highest BCUT2D eigenvalue weighted by molar-refractivity contribution is 8.15. The van der Waals surface area contributed by atoms with Crippen molar-refractivity contribution in [1.82, 2.24) is 0 Å². The SMILES string of the molecule is NS(=O)(=O)C1(c2ccc(O)cc2)CC=CS1. The van der Waals surface area contributed by atoms with Crippen molar-refractivity contribution in [3.63, 3.8) is 0 Å². The number of hydrogen-bond acceptors (Lipinski definition) is 4. The number of nitrogens with two attached hydrogens (primary N) is 1. The van der Waals surface area contributed by atoms with Crippen LogP contribution < -0.4 is 5.14 Å². The van der Waals surface area contributed by atoms with Crippen LogP contribution >= 0.6 is 11.8 Å². The highest BCUT2D eigenvalue weighted by atomic mass is 32.3. The molecule has 2 rings (SSSR count). The standard InChI is InChI=1S/C10H11NO3S2/c11-16(13,14)10(6-1-7-15-10)8-2-4-9(12)5-3-8/h1-5,7,12H,6H2,(H2,11,13,14). The first-order valence-electron chi connectivity index (χ1n) is 4.60. The maximum atomic E-state index is 11.7. The fourth-order valence-electron chi connectivity index (χ4n) is 1.66. The van der Waals surface area contributed by atoms with Crippen LogP contribution in [0.5, 0.6) is 5.75 Å². The molecule has 1 aliphatic rings. The number of benzene rings is 1. The molecule has 0 fully saturated rings. The molecule has 1 aromatic carbocycles. The highest BCUT2D eigenvalue weighted by Gasteiger charge is 2.44. The number of allylic oxidation sites excluding steroid dienone is 1. The van der Waals surface area contributed by atoms with E-state index in [-0.39, 0.29) is 5.75 Å². The fraction of sp³-hybridized carbons (Fsp3) is 0.200. The molecule has 4 nitrogen and oxygen atoms in total. The third-order valence-corrected chi connectivity index (χ3v) is 5.93. The van der Waals surface area contributed by atoms with Crippen LogP contribution in [0.1, 0.15) is 12.0 Å². The van der Waals surface area contributed by atoms with Gasteiger partial charge in [-0.05, 0) is 23.1 Å². The minimum absolute atomic E-state index is 0.101. The van der Waals surface area contributed by atoms with Crippen molar-refractivity contribution in [3.8, 4) is 5.75 Å². The molecule has 0 saturated heterocycles. The molecular formula is C10H11NO3S2. The number of phenols is 1. The van der Waals surface area contributed by atoms with E-state index in [9.17, 15) is 13.5 Å². The monoisotopic (exact) mass is 257 g/mol. The van der Waals surface area contributed by atoms with Gasteiger partial charge in [-0.3, -0.25) is 0 Å². The normalized spacial score (nSPS) is 24.8. The zero-order chi connectivity index (χ0) is 11.8. The summed E-state index contributed by atoms with van der Waals surface area (Å²) < 4.78 is 22.3. The van der Waals surface area contributed by atoms with Gasteiger partial charge in [-0.2, -0.15) is 0 Å². The first-order chi connectivity index (χ1) is 7.46. The summed E-state index contributed by atoms with van der Waals surface area (Å²) in [5.41, 5.74) is 0.586. The van der Waals surface area contributed by atoms with Gasteiger partial charge in [0.25, 0.3) is 0 Å². The quantitative estimate of drug-likeness (QED) is 0.841. The highest BCUT2D eigenvalue weighted by Crippen LogP contribution is 2.48. The average Bonchev–Trinajstić information content (AvgIpc) is 2.68. The third kappa shape index (κ3) is 1.73. The predicted molar refractivity (Wildman–Crippen MR) is 64.2 cm³/mol. The van der Waals surface area contributed by atoms with Crippen molar-refractivity contribution in [1.29, 1.82) is 0 Å². The molecule has 1 unspecified atom stereocenters. The number of primary sulfonamides is 1. The lowest BCUT2D eigenvalue weighted by Crippen LogP contribution is -2.36. The van der Waals surface area contributed by atoms with E-state index < -0.39 is 14.1 Å². The van der Waals surface area contributed by atoms with E-state index >= 15 is 0 Å². The lowest BCUT2D eigenvalue weighted by molar-refractivity contribution is 0.475. The maximum Gasteiger partial charge on any atom is 0.229 e. The van der Waals surface area contributed by atoms with Crippen molar-refractivity contribution >= 4 is 21.8 Å². The number of aromatic hydroxyl groups is 1. The summed E-state index contributed by atoms with van der Waals surface area (Å²) in [5, 5.41) is 16.2. The summed E-state index contributed by atoms with van der Waals surface area (Å²) in [5.74, 6) is 0.101. The molecule has 0 spiro atoms. The fourth-order valence-corrected chi connectivity index (χ4v) is 4.03. The van der Waals surface area contributed by atoms with E-state index in [1.807, 2.05) is 0 Å². The number of hydrogen-bond donors (Lipinski definition) is 2. The lowest BCUT2D eigenvalue weighted by atomic mass is 10.1. The van der Waals surface area contributed by atoms with E-state index in [1.165, 1.54) is 23.9 Å². The van der Waals surface area contributed by atoms with Gasteiger partial charge in [0.15, 0.2) is 4.08 Å². The van der Waals surface area contributed by atoms with Crippen LogP contribution in [0.25, 0.3) is 0 Å². The Kier molecular flexibility index (Phi) is 2.73. The van der Waals surface area contributed by atoms with Gasteiger partial charge in [0.05, 0.1) is 0 Å². The molecule has 1 aromatic rings. The number of thioether (sulfide) groups is 1. The number of rotatable bonds is 2. The van der Waals surface area contributed by atoms with E-state index in [4.69, 9.17) is 5.14 Å². The van der Waals surface area contributed by atoms with Gasteiger partial charge in [0, 0.05) is 6.42 Å². The summed E-state index contributed by atoms with van der Waals surface area (Å²) in [6, 6.07) is 6.09. The van der Waals surface area contributed by atoms with Crippen molar-refractivity contribution in [3.05, 3.63) is 41.3 Å². The second-order valence-corrected chi connectivity index (χ2v) is 6.79. The van der Waals surface area contributed by atoms with Gasteiger partial charge < -0.3 is 5.11 Å². The zero-order valence-corrected chi connectivity index (χ0v) is 9.96. The first kappa shape index (κ1) is 11.5. The minimum atomic E-state index is -3.71. The molecule has 0 aromatic heterocycles. The molecule has 86 valence electrons. The van der Waals surface area contributed by atoms with Crippen LogP contribution in [-0.4, -0.2) is 13.5 Å². The Bertz CT molecular complexity index is 512. The van der Waals surface area contributed by atoms with Crippen LogP contribution in [0.2, 0.25) is 0 Å². The minimum Gasteiger partial charge on any atom is -0.508 e. The largest absolute Gasteiger partial charge is 0.508 e. The van der Waals surface area contributed by atoms with Gasteiger partial charge in [-0.25, -0.2) is 13.6 Å². The Morgan fingerprint density at radius 1 is 1.31 bits per heavy atom. The summed E-state index contributed by atoms with van der Waals surface area (Å²) in [6.45, 7) is 0. The predicted octanol–water partition coefficient (Wildman–Crippen LogP) is 1.48. The molecule has 0 saturated carbocycles. The van der Waals surface area contributed by atoms with Crippen LogP contribution in [0.3, 0.4) is 0 Å². The first-order valence-corrected chi connectivity index (χ1v) is 7.03. The number of sulfonamides is 1. The molecular weight excluding hydrogens is 246 g/mol. The number of phenolic OH excluding ortho intramolecular Hbond substituents is 1. The Labute approximate surface area is 98.2 Å². The van der Waals surface area contributed by atoms with Crippen LogP contribution in [0, 0.1) is 0 Å². The summed E-state index contributed by atoms with van der Waals surface area (Å²) in [4.78, 5) is 0. The Balaban J connectivity index is 2.53. The van der Waals surface area contributed by atoms with Crippen LogP contribution in [0.4, 0.5) is 0 Å². The smallest absolute Gasteiger partial charge is 0.229 e. The molecule has 1 aliphatic heterocycles. The van der Waals surface area contributed by atoms with Gasteiger partial charge in [-0.1, -0.05) is 18.2 Å². The van der Waals surface area contributed by atoms with Crippen molar-refractivity contribution < 1.29 is 13.5 Å². The molecule has 1 atom stereocenters. The van der Waals surface area contributed by atoms with E-state index in [0.29, 0.717) is 12.0 Å². The summed E-state index contributed by atoms with van der Waals surface area (Å²) >= 11 is 1.18. The molecule has 3 N–H and O–H groups in total. The van der Waals surface area contributed by atoms with Gasteiger partial charge >= 0.3 is 0 Å². The Morgan fingerprint density at radius 3 is 2.38 bits per heavy atom. The van der Waals surface area contributed by atoms with Crippen molar-refractivity contribution in [2.45, 2.75) is 10.5 Å². The molecule has 0 bridgehead atoms. The summed E-state index contributed by atoms with van der Waals surface area (Å²) in [7, 11) is -3.71. The van der Waals surface area contributed by atoms with Crippen molar-refractivity contribution in [2.24, 2.45) is 5.14 Å². The Hall–Kier alpha value is -0.980. The molecule has 1 heterocycles. The average molecular weight is 257 g/mol. The van der Waals surface area contributed by atoms with Crippen LogP contribution in [0.15, 0.2) is 35.7 Å². The molecule has 0 amide bonds. The molecule has 0 radical (unpaired) electrons. The second kappa shape index (κ2) is 3.80. The van der Waals surface area contributed by atoms with E-state index in [2.05, 4.69) is 0 Å². The summed E-state index contributed by atoms with van der Waals surface area (Å²) in [6.07, 6.45) is 2.13. The third-order valence-electron chi connectivity index (χ3n) is 2.51. The van der Waals surface area contributed by atoms with E-state index in [1.54, 1.807) is 23.6 Å². The lowest BCUT2D eigenvalue weighted by Gasteiger charge is -2.25. The molecule has 16 heavy (non-hydrogen) atoms. The molecule has 6 heteroatoms. The second-order valence-electron chi connectivity index (χ2n) is 3.54. The maximum absolute atomic E-state index is 11.7. The van der Waals surface area contributed by atoms with Crippen molar-refractivity contribution in [2.75, 3.05) is 0 Å². The van der Waals surface area contributed by atoms with Gasteiger partial charge in [0.2, 0.25) is 10.0 Å². The Morgan fingerprint density at radius 2 is 1.94 bits per heavy atom. The van der Waals surface area contributed by atoms with E-state index in [0.717, 1.165) is 0 Å². The van der Waals surface area contributed by atoms with Crippen LogP contribution in [-0.2, 0) is 14.1 Å². The van der Waals surface area contributed by atoms with Gasteiger partial charge in [0.1, 0.15) is 5.75 Å². The molecule has 0 aliphatic carbocycles. The topological polar surface area (TPSA) is 80.4 Å².